The predicted octanol–water partition coefficient (Wildman–Crippen LogP) is 3.46. The van der Waals surface area contributed by atoms with E-state index >= 15 is 0 Å². The molecular weight excluding hydrogens is 375 g/mol. The second-order valence-electron chi connectivity index (χ2n) is 6.67. The lowest BCUT2D eigenvalue weighted by Crippen LogP contribution is -2.47. The molecule has 0 spiro atoms. The van der Waals surface area contributed by atoms with E-state index in [0.717, 1.165) is 24.0 Å². The summed E-state index contributed by atoms with van der Waals surface area (Å²) in [6, 6.07) is 3.73. The number of likely N-dealkylation sites (tertiary alicyclic amines) is 1. The fourth-order valence-electron chi connectivity index (χ4n) is 3.06. The molecule has 1 N–H and O–H groups in total. The number of carbonyl (C=O) groups excluding carboxylic acids is 2. The van der Waals surface area contributed by atoms with Crippen LogP contribution >= 0.6 is 23.2 Å². The molecule has 7 heteroatoms. The van der Waals surface area contributed by atoms with E-state index in [9.17, 15) is 9.59 Å². The minimum Gasteiger partial charge on any atom is -0.484 e. The van der Waals surface area contributed by atoms with Crippen LogP contribution in [0.25, 0.3) is 0 Å². The van der Waals surface area contributed by atoms with Gasteiger partial charge in [0.05, 0.1) is 0 Å². The molecule has 1 aliphatic rings. The summed E-state index contributed by atoms with van der Waals surface area (Å²) in [5, 5.41) is 3.70. The van der Waals surface area contributed by atoms with Crippen molar-refractivity contribution in [1.29, 1.82) is 0 Å². The van der Waals surface area contributed by atoms with E-state index < -0.39 is 0 Å². The highest BCUT2D eigenvalue weighted by Crippen LogP contribution is 2.25. The van der Waals surface area contributed by atoms with Crippen LogP contribution in [0.2, 0.25) is 5.02 Å². The lowest BCUT2D eigenvalue weighted by atomic mass is 10.0. The maximum atomic E-state index is 12.1. The number of rotatable bonds is 7. The molecule has 1 aliphatic heterocycles. The van der Waals surface area contributed by atoms with E-state index in [-0.39, 0.29) is 24.5 Å². The summed E-state index contributed by atoms with van der Waals surface area (Å²) in [6.07, 6.45) is 2.72. The topological polar surface area (TPSA) is 58.6 Å². The van der Waals surface area contributed by atoms with Gasteiger partial charge in [0.15, 0.2) is 6.61 Å². The highest BCUT2D eigenvalue weighted by molar-refractivity contribution is 6.32. The summed E-state index contributed by atoms with van der Waals surface area (Å²) in [6.45, 7) is 5.12. The first-order valence-electron chi connectivity index (χ1n) is 8.93. The molecule has 26 heavy (non-hydrogen) atoms. The van der Waals surface area contributed by atoms with Gasteiger partial charge in [0.1, 0.15) is 5.75 Å². The largest absolute Gasteiger partial charge is 0.484 e. The Morgan fingerprint density at radius 3 is 2.42 bits per heavy atom. The maximum absolute atomic E-state index is 12.1. The van der Waals surface area contributed by atoms with E-state index in [0.29, 0.717) is 42.6 Å². The zero-order valence-electron chi connectivity index (χ0n) is 15.3. The Labute approximate surface area is 165 Å². The first-order chi connectivity index (χ1) is 12.4. The Balaban J connectivity index is 1.73. The SMILES string of the molecule is Cc1cc(OCC(=O)NC2CCN(C(=O)CCCCl)CC2)cc(C)c1Cl. The van der Waals surface area contributed by atoms with Crippen LogP contribution in [-0.4, -0.2) is 48.3 Å². The van der Waals surface area contributed by atoms with Crippen molar-refractivity contribution in [3.63, 3.8) is 0 Å². The zero-order valence-corrected chi connectivity index (χ0v) is 16.8. The van der Waals surface area contributed by atoms with Crippen molar-refractivity contribution in [3.8, 4) is 5.75 Å². The molecule has 1 saturated heterocycles. The van der Waals surface area contributed by atoms with E-state index in [2.05, 4.69) is 5.32 Å². The molecular formula is C19H26Cl2N2O3. The fourth-order valence-corrected chi connectivity index (χ4v) is 3.30. The molecule has 0 saturated carbocycles. The van der Waals surface area contributed by atoms with E-state index in [1.54, 1.807) is 0 Å². The van der Waals surface area contributed by atoms with Crippen LogP contribution in [0.3, 0.4) is 0 Å². The van der Waals surface area contributed by atoms with Crippen LogP contribution in [-0.2, 0) is 9.59 Å². The number of ether oxygens (including phenoxy) is 1. The quantitative estimate of drug-likeness (QED) is 0.712. The Morgan fingerprint density at radius 2 is 1.85 bits per heavy atom. The van der Waals surface area contributed by atoms with Gasteiger partial charge in [0.2, 0.25) is 5.91 Å². The Kier molecular flexibility index (Phi) is 8.04. The number of piperidine rings is 1. The van der Waals surface area contributed by atoms with Crippen LogP contribution in [0, 0.1) is 13.8 Å². The number of nitrogens with one attached hydrogen (secondary N) is 1. The number of amides is 2. The molecule has 0 unspecified atom stereocenters. The van der Waals surface area contributed by atoms with Crippen LogP contribution < -0.4 is 10.1 Å². The molecule has 0 aliphatic carbocycles. The summed E-state index contributed by atoms with van der Waals surface area (Å²) in [7, 11) is 0. The third-order valence-electron chi connectivity index (χ3n) is 4.52. The number of hydrogen-bond acceptors (Lipinski definition) is 3. The average molecular weight is 401 g/mol. The molecule has 144 valence electrons. The van der Waals surface area contributed by atoms with Gasteiger partial charge < -0.3 is 15.0 Å². The zero-order chi connectivity index (χ0) is 19.1. The second-order valence-corrected chi connectivity index (χ2v) is 7.43. The van der Waals surface area contributed by atoms with Gasteiger partial charge in [-0.3, -0.25) is 9.59 Å². The first-order valence-corrected chi connectivity index (χ1v) is 9.84. The van der Waals surface area contributed by atoms with Crippen LogP contribution in [0.4, 0.5) is 0 Å². The Morgan fingerprint density at radius 1 is 1.23 bits per heavy atom. The average Bonchev–Trinajstić information content (AvgIpc) is 2.63. The third-order valence-corrected chi connectivity index (χ3v) is 5.38. The summed E-state index contributed by atoms with van der Waals surface area (Å²) >= 11 is 11.8. The van der Waals surface area contributed by atoms with Gasteiger partial charge in [-0.2, -0.15) is 0 Å². The summed E-state index contributed by atoms with van der Waals surface area (Å²) in [5.41, 5.74) is 1.85. The molecule has 0 atom stereocenters. The molecule has 1 aromatic carbocycles. The third kappa shape index (κ3) is 6.06. The molecule has 0 aromatic heterocycles. The molecule has 2 rings (SSSR count). The van der Waals surface area contributed by atoms with Gasteiger partial charge in [-0.15, -0.1) is 11.6 Å². The number of carbonyl (C=O) groups is 2. The number of hydrogen-bond donors (Lipinski definition) is 1. The highest BCUT2D eigenvalue weighted by Gasteiger charge is 2.23. The summed E-state index contributed by atoms with van der Waals surface area (Å²) < 4.78 is 5.58. The van der Waals surface area contributed by atoms with Crippen molar-refractivity contribution < 1.29 is 14.3 Å². The minimum absolute atomic E-state index is 0.0324. The Bertz CT molecular complexity index is 621. The molecule has 1 aromatic rings. The molecule has 0 bridgehead atoms. The molecule has 2 amide bonds. The predicted molar refractivity (Wildman–Crippen MR) is 104 cm³/mol. The Hall–Kier alpha value is -1.46. The van der Waals surface area contributed by atoms with Crippen molar-refractivity contribution in [3.05, 3.63) is 28.3 Å². The number of alkyl halides is 1. The van der Waals surface area contributed by atoms with Gasteiger partial charge in [0.25, 0.3) is 5.91 Å². The van der Waals surface area contributed by atoms with Crippen molar-refractivity contribution in [2.45, 2.75) is 45.6 Å². The lowest BCUT2D eigenvalue weighted by Gasteiger charge is -2.32. The molecule has 1 heterocycles. The van der Waals surface area contributed by atoms with Crippen molar-refractivity contribution in [2.75, 3.05) is 25.6 Å². The smallest absolute Gasteiger partial charge is 0.258 e. The standard InChI is InChI=1S/C19H26Cl2N2O3/c1-13-10-16(11-14(2)19(13)21)26-12-17(24)22-15-5-8-23(9-6-15)18(25)4-3-7-20/h10-11,15H,3-9,12H2,1-2H3,(H,22,24). The van der Waals surface area contributed by atoms with E-state index in [4.69, 9.17) is 27.9 Å². The van der Waals surface area contributed by atoms with E-state index in [1.807, 2.05) is 30.9 Å². The lowest BCUT2D eigenvalue weighted by molar-refractivity contribution is -0.132. The highest BCUT2D eigenvalue weighted by atomic mass is 35.5. The van der Waals surface area contributed by atoms with Crippen LogP contribution in [0.1, 0.15) is 36.8 Å². The monoisotopic (exact) mass is 400 g/mol. The normalized spacial score (nSPS) is 15.0. The molecule has 1 fully saturated rings. The van der Waals surface area contributed by atoms with Gasteiger partial charge in [0, 0.05) is 36.5 Å². The van der Waals surface area contributed by atoms with Gasteiger partial charge in [-0.25, -0.2) is 0 Å². The minimum atomic E-state index is -0.151. The van der Waals surface area contributed by atoms with Crippen LogP contribution in [0.5, 0.6) is 5.75 Å². The molecule has 5 nitrogen and oxygen atoms in total. The fraction of sp³-hybridized carbons (Fsp3) is 0.579. The number of benzene rings is 1. The van der Waals surface area contributed by atoms with E-state index in [1.165, 1.54) is 0 Å². The first kappa shape index (κ1) is 20.8. The van der Waals surface area contributed by atoms with Crippen molar-refractivity contribution in [2.24, 2.45) is 0 Å². The second kappa shape index (κ2) is 10.0. The molecule has 0 radical (unpaired) electrons. The number of nitrogens with zero attached hydrogens (tertiary/aromatic N) is 1. The summed E-state index contributed by atoms with van der Waals surface area (Å²) in [4.78, 5) is 25.9. The summed E-state index contributed by atoms with van der Waals surface area (Å²) in [5.74, 6) is 1.14. The maximum Gasteiger partial charge on any atom is 0.258 e. The number of halogens is 2. The van der Waals surface area contributed by atoms with Crippen molar-refractivity contribution in [1.82, 2.24) is 10.2 Å². The number of aryl methyl sites for hydroxylation is 2. The van der Waals surface area contributed by atoms with Gasteiger partial charge in [-0.1, -0.05) is 11.6 Å². The van der Waals surface area contributed by atoms with Crippen molar-refractivity contribution >= 4 is 35.0 Å². The van der Waals surface area contributed by atoms with Gasteiger partial charge in [-0.05, 0) is 56.4 Å². The van der Waals surface area contributed by atoms with Gasteiger partial charge >= 0.3 is 0 Å². The van der Waals surface area contributed by atoms with Crippen LogP contribution in [0.15, 0.2) is 12.1 Å².